The zero-order chi connectivity index (χ0) is 20.1. The summed E-state index contributed by atoms with van der Waals surface area (Å²) in [6.07, 6.45) is 6.81. The van der Waals surface area contributed by atoms with Gasteiger partial charge in [0.1, 0.15) is 11.3 Å². The summed E-state index contributed by atoms with van der Waals surface area (Å²) in [5.74, 6) is -0.0631. The molecule has 1 fully saturated rings. The summed E-state index contributed by atoms with van der Waals surface area (Å²) in [7, 11) is 4.01. The first kappa shape index (κ1) is 17.7. The van der Waals surface area contributed by atoms with Gasteiger partial charge in [-0.25, -0.2) is 9.97 Å². The molecule has 4 atom stereocenters. The van der Waals surface area contributed by atoms with Crippen LogP contribution in [-0.2, 0) is 4.79 Å². The minimum atomic E-state index is -0.742. The largest absolute Gasteiger partial charge is 0.481 e. The Morgan fingerprint density at radius 1 is 1.17 bits per heavy atom. The second-order valence-electron chi connectivity index (χ2n) is 8.06. The number of rotatable bonds is 5. The van der Waals surface area contributed by atoms with E-state index in [2.05, 4.69) is 26.3 Å². The number of imidazole rings is 1. The van der Waals surface area contributed by atoms with Crippen molar-refractivity contribution in [2.45, 2.75) is 12.5 Å². The van der Waals surface area contributed by atoms with Crippen LogP contribution in [0.2, 0.25) is 0 Å². The van der Waals surface area contributed by atoms with Crippen LogP contribution in [0.3, 0.4) is 0 Å². The molecule has 0 saturated heterocycles. The number of anilines is 2. The number of H-pyrrole nitrogens is 1. The molecule has 2 bridgehead atoms. The van der Waals surface area contributed by atoms with E-state index in [0.29, 0.717) is 5.65 Å². The quantitative estimate of drug-likeness (QED) is 0.579. The number of nitrogens with one attached hydrogen (secondary N) is 2. The molecule has 3 aromatic rings. The zero-order valence-electron chi connectivity index (χ0n) is 16.3. The summed E-state index contributed by atoms with van der Waals surface area (Å²) >= 11 is 0. The minimum absolute atomic E-state index is 0.109. The molecule has 2 heterocycles. The molecule has 1 aromatic carbocycles. The third kappa shape index (κ3) is 2.93. The fourth-order valence-corrected chi connectivity index (χ4v) is 4.62. The number of allylic oxidation sites excluding steroid dienone is 1. The highest BCUT2D eigenvalue weighted by atomic mass is 16.4. The van der Waals surface area contributed by atoms with E-state index in [1.807, 2.05) is 50.5 Å². The second-order valence-corrected chi connectivity index (χ2v) is 8.06. The van der Waals surface area contributed by atoms with Gasteiger partial charge in [-0.3, -0.25) is 4.79 Å². The molecule has 2 aliphatic rings. The highest BCUT2D eigenvalue weighted by molar-refractivity contribution is 5.88. The summed E-state index contributed by atoms with van der Waals surface area (Å²) in [6.45, 7) is 0. The molecule has 148 valence electrons. The number of carboxylic acid groups (broad SMARTS) is 1. The molecule has 2 aliphatic carbocycles. The van der Waals surface area contributed by atoms with Crippen LogP contribution in [0.1, 0.15) is 6.42 Å². The highest BCUT2D eigenvalue weighted by Gasteiger charge is 2.48. The van der Waals surface area contributed by atoms with Gasteiger partial charge >= 0.3 is 5.97 Å². The van der Waals surface area contributed by atoms with Crippen molar-refractivity contribution >= 4 is 28.5 Å². The molecule has 7 nitrogen and oxygen atoms in total. The van der Waals surface area contributed by atoms with E-state index in [1.165, 1.54) is 0 Å². The molecule has 7 heteroatoms. The van der Waals surface area contributed by atoms with Gasteiger partial charge in [-0.2, -0.15) is 0 Å². The molecule has 2 aromatic heterocycles. The average Bonchev–Trinajstić information content (AvgIpc) is 3.42. The van der Waals surface area contributed by atoms with Gasteiger partial charge in [0.25, 0.3) is 0 Å². The number of fused-ring (bicyclic) bond motifs is 3. The average molecular weight is 389 g/mol. The lowest BCUT2D eigenvalue weighted by Gasteiger charge is -2.26. The number of aromatic amines is 1. The van der Waals surface area contributed by atoms with Gasteiger partial charge in [-0.1, -0.05) is 12.2 Å². The van der Waals surface area contributed by atoms with Crippen molar-refractivity contribution in [3.63, 3.8) is 0 Å². The smallest absolute Gasteiger partial charge is 0.309 e. The normalized spacial score (nSPS) is 24.9. The Morgan fingerprint density at radius 3 is 2.66 bits per heavy atom. The molecule has 0 radical (unpaired) electrons. The standard InChI is InChI=1S/C22H23N5O2/c1-27(2)15-7-5-12(6-8-15)20-25-19-16(9-10-23-21(19)26-20)24-18-14-4-3-13(11-14)17(18)22(28)29/h3-10,13-14,17-18H,11H2,1-2H3,(H,28,29)(H2,23,24,25,26)/t13-,14+,17+,18-/m1/s1. The monoisotopic (exact) mass is 389 g/mol. The molecule has 0 spiro atoms. The van der Waals surface area contributed by atoms with E-state index in [9.17, 15) is 9.90 Å². The van der Waals surface area contributed by atoms with Gasteiger partial charge < -0.3 is 20.3 Å². The van der Waals surface area contributed by atoms with Crippen LogP contribution >= 0.6 is 0 Å². The van der Waals surface area contributed by atoms with Crippen molar-refractivity contribution in [2.75, 3.05) is 24.3 Å². The third-order valence-corrected chi connectivity index (χ3v) is 6.11. The summed E-state index contributed by atoms with van der Waals surface area (Å²) < 4.78 is 0. The summed E-state index contributed by atoms with van der Waals surface area (Å²) in [5, 5.41) is 13.2. The maximum atomic E-state index is 11.8. The number of hydrogen-bond acceptors (Lipinski definition) is 5. The van der Waals surface area contributed by atoms with E-state index in [1.54, 1.807) is 6.20 Å². The molecule has 0 unspecified atom stereocenters. The Hall–Kier alpha value is -3.35. The molecule has 29 heavy (non-hydrogen) atoms. The SMILES string of the molecule is CN(C)c1ccc(-c2nc3c(N[C@H]4[C@@H](C(=O)O)[C@@H]5C=C[C@H]4C5)ccnc3[nH]2)cc1. The van der Waals surface area contributed by atoms with Crippen molar-refractivity contribution in [3.05, 3.63) is 48.7 Å². The van der Waals surface area contributed by atoms with Gasteiger partial charge in [0, 0.05) is 37.6 Å². The number of carbonyl (C=O) groups is 1. The predicted molar refractivity (Wildman–Crippen MR) is 113 cm³/mol. The van der Waals surface area contributed by atoms with Crippen LogP contribution in [0.5, 0.6) is 0 Å². The maximum absolute atomic E-state index is 11.8. The van der Waals surface area contributed by atoms with Crippen molar-refractivity contribution in [1.29, 1.82) is 0 Å². The number of aromatic nitrogens is 3. The van der Waals surface area contributed by atoms with Crippen molar-refractivity contribution in [2.24, 2.45) is 17.8 Å². The number of benzene rings is 1. The number of aliphatic carboxylic acids is 1. The van der Waals surface area contributed by atoms with E-state index in [0.717, 1.165) is 34.7 Å². The van der Waals surface area contributed by atoms with Crippen LogP contribution in [0.4, 0.5) is 11.4 Å². The van der Waals surface area contributed by atoms with Crippen LogP contribution in [0.25, 0.3) is 22.6 Å². The lowest BCUT2D eigenvalue weighted by Crippen LogP contribution is -2.37. The fraction of sp³-hybridized carbons (Fsp3) is 0.318. The maximum Gasteiger partial charge on any atom is 0.309 e. The van der Waals surface area contributed by atoms with Crippen LogP contribution in [0, 0.1) is 17.8 Å². The lowest BCUT2D eigenvalue weighted by atomic mass is 9.89. The predicted octanol–water partition coefficient (Wildman–Crippen LogP) is 3.38. The minimum Gasteiger partial charge on any atom is -0.481 e. The summed E-state index contributed by atoms with van der Waals surface area (Å²) in [4.78, 5) is 26.3. The van der Waals surface area contributed by atoms with E-state index in [-0.39, 0.29) is 17.9 Å². The summed E-state index contributed by atoms with van der Waals surface area (Å²) in [6, 6.07) is 9.90. The molecule has 1 saturated carbocycles. The first-order valence-electron chi connectivity index (χ1n) is 9.81. The molecular formula is C22H23N5O2. The van der Waals surface area contributed by atoms with Crippen LogP contribution in [-0.4, -0.2) is 46.2 Å². The number of carboxylic acids is 1. The van der Waals surface area contributed by atoms with E-state index in [4.69, 9.17) is 4.98 Å². The zero-order valence-corrected chi connectivity index (χ0v) is 16.3. The van der Waals surface area contributed by atoms with Crippen LogP contribution < -0.4 is 10.2 Å². The van der Waals surface area contributed by atoms with Gasteiger partial charge in [0.05, 0.1) is 11.6 Å². The van der Waals surface area contributed by atoms with Crippen molar-refractivity contribution in [1.82, 2.24) is 15.0 Å². The molecule has 3 N–H and O–H groups in total. The molecular weight excluding hydrogens is 366 g/mol. The first-order chi connectivity index (χ1) is 14.0. The molecule has 5 rings (SSSR count). The lowest BCUT2D eigenvalue weighted by molar-refractivity contribution is -0.142. The van der Waals surface area contributed by atoms with Crippen LogP contribution in [0.15, 0.2) is 48.7 Å². The van der Waals surface area contributed by atoms with Crippen molar-refractivity contribution < 1.29 is 9.90 Å². The fourth-order valence-electron chi connectivity index (χ4n) is 4.62. The third-order valence-electron chi connectivity index (χ3n) is 6.11. The van der Waals surface area contributed by atoms with E-state index < -0.39 is 11.9 Å². The summed E-state index contributed by atoms with van der Waals surface area (Å²) in [5.41, 5.74) is 4.34. The number of nitrogens with zero attached hydrogens (tertiary/aromatic N) is 3. The Bertz CT molecular complexity index is 1100. The second kappa shape index (κ2) is 6.62. The topological polar surface area (TPSA) is 94.1 Å². The Balaban J connectivity index is 1.48. The first-order valence-corrected chi connectivity index (χ1v) is 9.81. The Labute approximate surface area is 168 Å². The van der Waals surface area contributed by atoms with Gasteiger partial charge in [0.2, 0.25) is 0 Å². The Morgan fingerprint density at radius 2 is 1.93 bits per heavy atom. The highest BCUT2D eigenvalue weighted by Crippen LogP contribution is 2.45. The number of pyridine rings is 1. The number of hydrogen-bond donors (Lipinski definition) is 3. The van der Waals surface area contributed by atoms with Gasteiger partial charge in [-0.05, 0) is 48.6 Å². The van der Waals surface area contributed by atoms with Gasteiger partial charge in [0.15, 0.2) is 5.65 Å². The molecule has 0 amide bonds. The Kier molecular flexibility index (Phi) is 4.04. The molecule has 0 aliphatic heterocycles. The van der Waals surface area contributed by atoms with Gasteiger partial charge in [-0.15, -0.1) is 0 Å². The van der Waals surface area contributed by atoms with Crippen molar-refractivity contribution in [3.8, 4) is 11.4 Å². The van der Waals surface area contributed by atoms with E-state index >= 15 is 0 Å².